The number of carbonyl (C=O) groups is 3. The molecule has 8 heteroatoms. The Morgan fingerprint density at radius 2 is 1.77 bits per heavy atom. The largest absolute Gasteiger partial charge is 0.448 e. The molecule has 0 spiro atoms. The fraction of sp³-hybridized carbons (Fsp3) is 0.278. The second kappa shape index (κ2) is 7.43. The number of imide groups is 1. The topological polar surface area (TPSA) is 84.5 Å². The van der Waals surface area contributed by atoms with Crippen molar-refractivity contribution in [2.75, 3.05) is 0 Å². The number of nitrogens with one attached hydrogen (secondary N) is 2. The van der Waals surface area contributed by atoms with Crippen LogP contribution in [0.1, 0.15) is 30.4 Å². The summed E-state index contributed by atoms with van der Waals surface area (Å²) >= 11 is 2.95. The standard InChI is InChI=1S/C18H18N2O4S2/c1-9(2)19-18(23)20-16(21)10(3)24-17(22)14-8-13-15(26-14)11-6-4-5-7-12(11)25-13/h4-10H,1-3H3,(H2,19,20,21,23)/t10-/m0/s1. The number of benzene rings is 1. The summed E-state index contributed by atoms with van der Waals surface area (Å²) in [5.41, 5.74) is 0. The van der Waals surface area contributed by atoms with Crippen molar-refractivity contribution < 1.29 is 19.1 Å². The van der Waals surface area contributed by atoms with Gasteiger partial charge in [0, 0.05) is 20.8 Å². The van der Waals surface area contributed by atoms with Gasteiger partial charge in [-0.15, -0.1) is 22.7 Å². The zero-order valence-corrected chi connectivity index (χ0v) is 16.1. The van der Waals surface area contributed by atoms with Crippen LogP contribution in [0.4, 0.5) is 4.79 Å². The van der Waals surface area contributed by atoms with E-state index >= 15 is 0 Å². The number of fused-ring (bicyclic) bond motifs is 3. The Labute approximate surface area is 158 Å². The molecule has 0 fully saturated rings. The van der Waals surface area contributed by atoms with Gasteiger partial charge in [0.05, 0.1) is 4.70 Å². The maximum Gasteiger partial charge on any atom is 0.349 e. The highest BCUT2D eigenvalue weighted by Crippen LogP contribution is 2.39. The smallest absolute Gasteiger partial charge is 0.349 e. The van der Waals surface area contributed by atoms with Crippen molar-refractivity contribution in [3.8, 4) is 0 Å². The van der Waals surface area contributed by atoms with E-state index in [9.17, 15) is 14.4 Å². The predicted molar refractivity (Wildman–Crippen MR) is 104 cm³/mol. The number of esters is 1. The lowest BCUT2D eigenvalue weighted by molar-refractivity contribution is -0.127. The monoisotopic (exact) mass is 390 g/mol. The maximum atomic E-state index is 12.3. The van der Waals surface area contributed by atoms with Gasteiger partial charge in [0.25, 0.3) is 5.91 Å². The lowest BCUT2D eigenvalue weighted by Crippen LogP contribution is -2.46. The minimum Gasteiger partial charge on any atom is -0.448 e. The van der Waals surface area contributed by atoms with Gasteiger partial charge >= 0.3 is 12.0 Å². The molecule has 0 radical (unpaired) electrons. The minimum absolute atomic E-state index is 0.102. The molecule has 0 unspecified atom stereocenters. The number of amides is 3. The minimum atomic E-state index is -1.07. The Morgan fingerprint density at radius 3 is 2.50 bits per heavy atom. The zero-order chi connectivity index (χ0) is 18.8. The molecule has 0 saturated heterocycles. The van der Waals surface area contributed by atoms with Gasteiger partial charge in [-0.25, -0.2) is 9.59 Å². The molecular weight excluding hydrogens is 372 g/mol. The second-order valence-electron chi connectivity index (χ2n) is 6.07. The molecule has 0 aliphatic heterocycles. The van der Waals surface area contributed by atoms with Crippen molar-refractivity contribution in [3.05, 3.63) is 35.2 Å². The number of hydrogen-bond donors (Lipinski definition) is 2. The van der Waals surface area contributed by atoms with E-state index in [4.69, 9.17) is 4.74 Å². The first-order chi connectivity index (χ1) is 12.3. The van der Waals surface area contributed by atoms with Gasteiger partial charge in [0.1, 0.15) is 4.88 Å². The lowest BCUT2D eigenvalue weighted by Gasteiger charge is -2.13. The number of rotatable bonds is 4. The summed E-state index contributed by atoms with van der Waals surface area (Å²) in [5, 5.41) is 5.79. The van der Waals surface area contributed by atoms with Gasteiger partial charge < -0.3 is 10.1 Å². The Hall–Kier alpha value is -2.45. The molecule has 6 nitrogen and oxygen atoms in total. The average molecular weight is 390 g/mol. The van der Waals surface area contributed by atoms with Crippen molar-refractivity contribution in [3.63, 3.8) is 0 Å². The molecular formula is C18H18N2O4S2. The third-order valence-electron chi connectivity index (χ3n) is 3.56. The summed E-state index contributed by atoms with van der Waals surface area (Å²) in [4.78, 5) is 36.3. The third kappa shape index (κ3) is 3.86. The summed E-state index contributed by atoms with van der Waals surface area (Å²) in [5.74, 6) is -1.24. The Morgan fingerprint density at radius 1 is 1.04 bits per heavy atom. The van der Waals surface area contributed by atoms with Crippen molar-refractivity contribution in [1.82, 2.24) is 10.6 Å². The number of ether oxygens (including phenoxy) is 1. The molecule has 3 amide bonds. The van der Waals surface area contributed by atoms with Gasteiger partial charge in [-0.2, -0.15) is 0 Å². The van der Waals surface area contributed by atoms with E-state index in [2.05, 4.69) is 10.6 Å². The van der Waals surface area contributed by atoms with Gasteiger partial charge in [0.15, 0.2) is 6.10 Å². The van der Waals surface area contributed by atoms with E-state index in [0.29, 0.717) is 4.88 Å². The van der Waals surface area contributed by atoms with Gasteiger partial charge in [-0.1, -0.05) is 18.2 Å². The van der Waals surface area contributed by atoms with Crippen LogP contribution < -0.4 is 10.6 Å². The summed E-state index contributed by atoms with van der Waals surface area (Å²) < 4.78 is 8.41. The highest BCUT2D eigenvalue weighted by molar-refractivity contribution is 7.33. The first-order valence-corrected chi connectivity index (χ1v) is 9.72. The van der Waals surface area contributed by atoms with Crippen LogP contribution in [0.2, 0.25) is 0 Å². The van der Waals surface area contributed by atoms with Crippen LogP contribution >= 0.6 is 22.7 Å². The van der Waals surface area contributed by atoms with E-state index in [1.807, 2.05) is 24.3 Å². The Kier molecular flexibility index (Phi) is 5.24. The zero-order valence-electron chi connectivity index (χ0n) is 14.5. The molecule has 2 heterocycles. The van der Waals surface area contributed by atoms with Crippen LogP contribution in [0.15, 0.2) is 30.3 Å². The number of urea groups is 1. The summed E-state index contributed by atoms with van der Waals surface area (Å²) in [6.07, 6.45) is -1.07. The van der Waals surface area contributed by atoms with E-state index in [-0.39, 0.29) is 6.04 Å². The SMILES string of the molecule is CC(C)NC(=O)NC(=O)[C@H](C)OC(=O)c1cc2sc3ccccc3c2s1. The van der Waals surface area contributed by atoms with Gasteiger partial charge in [-0.3, -0.25) is 10.1 Å². The van der Waals surface area contributed by atoms with Crippen molar-refractivity contribution in [1.29, 1.82) is 0 Å². The number of carbonyl (C=O) groups excluding carboxylic acids is 3. The quantitative estimate of drug-likeness (QED) is 0.662. The molecule has 0 aliphatic carbocycles. The summed E-state index contributed by atoms with van der Waals surface area (Å²) in [7, 11) is 0. The molecule has 2 N–H and O–H groups in total. The maximum absolute atomic E-state index is 12.3. The molecule has 0 aliphatic rings. The van der Waals surface area contributed by atoms with Crippen LogP contribution in [-0.2, 0) is 9.53 Å². The first kappa shape index (κ1) is 18.3. The third-order valence-corrected chi connectivity index (χ3v) is 5.96. The van der Waals surface area contributed by atoms with E-state index in [1.54, 1.807) is 31.3 Å². The highest BCUT2D eigenvalue weighted by Gasteiger charge is 2.23. The molecule has 26 heavy (non-hydrogen) atoms. The fourth-order valence-corrected chi connectivity index (χ4v) is 4.79. The summed E-state index contributed by atoms with van der Waals surface area (Å²) in [6, 6.07) is 9.06. The number of thiophene rings is 2. The van der Waals surface area contributed by atoms with E-state index in [0.717, 1.165) is 19.5 Å². The Balaban J connectivity index is 1.68. The molecule has 2 aromatic heterocycles. The van der Waals surface area contributed by atoms with Crippen molar-refractivity contribution in [2.24, 2.45) is 0 Å². The van der Waals surface area contributed by atoms with Crippen LogP contribution in [0.25, 0.3) is 19.5 Å². The first-order valence-electron chi connectivity index (χ1n) is 8.08. The molecule has 1 aromatic carbocycles. The molecule has 136 valence electrons. The van der Waals surface area contributed by atoms with Crippen LogP contribution in [0.3, 0.4) is 0 Å². The Bertz CT molecular complexity index is 990. The van der Waals surface area contributed by atoms with Crippen molar-refractivity contribution >= 4 is 60.1 Å². The summed E-state index contributed by atoms with van der Waals surface area (Å²) in [6.45, 7) is 4.99. The second-order valence-corrected chi connectivity index (χ2v) is 8.20. The molecule has 1 atom stereocenters. The molecule has 3 rings (SSSR count). The van der Waals surface area contributed by atoms with E-state index in [1.165, 1.54) is 18.3 Å². The van der Waals surface area contributed by atoms with Gasteiger partial charge in [0.2, 0.25) is 0 Å². The van der Waals surface area contributed by atoms with Crippen molar-refractivity contribution in [2.45, 2.75) is 32.9 Å². The highest BCUT2D eigenvalue weighted by atomic mass is 32.1. The van der Waals surface area contributed by atoms with Gasteiger partial charge in [-0.05, 0) is 32.9 Å². The van der Waals surface area contributed by atoms with Crippen LogP contribution in [0.5, 0.6) is 0 Å². The van der Waals surface area contributed by atoms with Crippen LogP contribution in [-0.4, -0.2) is 30.1 Å². The number of hydrogen-bond acceptors (Lipinski definition) is 6. The molecule has 3 aromatic rings. The predicted octanol–water partition coefficient (Wildman–Crippen LogP) is 3.90. The molecule has 0 saturated carbocycles. The lowest BCUT2D eigenvalue weighted by atomic mass is 10.2. The van der Waals surface area contributed by atoms with Crippen LogP contribution in [0, 0.1) is 0 Å². The normalized spacial score (nSPS) is 12.3. The average Bonchev–Trinajstić information content (AvgIpc) is 3.11. The fourth-order valence-electron chi connectivity index (χ4n) is 2.38. The molecule has 0 bridgehead atoms. The van der Waals surface area contributed by atoms with E-state index < -0.39 is 24.0 Å².